The molecule has 0 N–H and O–H groups in total. The lowest BCUT2D eigenvalue weighted by atomic mass is 9.33. The van der Waals surface area contributed by atoms with Gasteiger partial charge in [-0.1, -0.05) is 133 Å². The molecule has 0 radical (unpaired) electrons. The number of hydrogen-bond donors (Lipinski definition) is 0. The molecule has 4 aliphatic rings. The molecule has 1 fully saturated rings. The Balaban J connectivity index is 1.40. The van der Waals surface area contributed by atoms with Crippen LogP contribution in [0, 0.1) is 6.92 Å². The summed E-state index contributed by atoms with van der Waals surface area (Å²) in [5.74, 6) is 0.632. The molecule has 0 atom stereocenters. The first-order valence-corrected chi connectivity index (χ1v) is 23.5. The normalized spacial score (nSPS) is 17.0. The fourth-order valence-corrected chi connectivity index (χ4v) is 10.8. The van der Waals surface area contributed by atoms with E-state index in [0.717, 1.165) is 0 Å². The third kappa shape index (κ3) is 7.24. The molecule has 0 saturated heterocycles. The van der Waals surface area contributed by atoms with Crippen molar-refractivity contribution in [2.24, 2.45) is 0 Å². The van der Waals surface area contributed by atoms with E-state index in [0.29, 0.717) is 5.92 Å². The zero-order valence-electron chi connectivity index (χ0n) is 39.4. The Labute approximate surface area is 364 Å². The average Bonchev–Trinajstić information content (AvgIpc) is 3.18. The summed E-state index contributed by atoms with van der Waals surface area (Å²) < 4.78 is 0. The minimum absolute atomic E-state index is 0.00565. The van der Waals surface area contributed by atoms with E-state index < -0.39 is 0 Å². The number of hydrogen-bond acceptors (Lipinski definition) is 2. The van der Waals surface area contributed by atoms with Gasteiger partial charge in [-0.05, 0) is 182 Å². The maximum atomic E-state index is 2.71. The highest BCUT2D eigenvalue weighted by molar-refractivity contribution is 7.00. The van der Waals surface area contributed by atoms with Crippen molar-refractivity contribution in [1.29, 1.82) is 0 Å². The fourth-order valence-electron chi connectivity index (χ4n) is 10.8. The summed E-state index contributed by atoms with van der Waals surface area (Å²) in [5, 5.41) is 0. The van der Waals surface area contributed by atoms with E-state index in [1.807, 2.05) is 0 Å². The molecule has 0 spiro atoms. The van der Waals surface area contributed by atoms with E-state index in [2.05, 4.69) is 179 Å². The molecule has 2 nitrogen and oxygen atoms in total. The number of fused-ring (bicyclic) bond motifs is 5. The van der Waals surface area contributed by atoms with Crippen LogP contribution in [0.4, 0.5) is 34.1 Å². The minimum atomic E-state index is 0.00565. The molecule has 5 aromatic carbocycles. The van der Waals surface area contributed by atoms with Crippen LogP contribution in [0.2, 0.25) is 0 Å². The van der Waals surface area contributed by atoms with Crippen LogP contribution in [0.15, 0.2) is 78.9 Å². The molecule has 2 heterocycles. The Bertz CT molecular complexity index is 2420. The minimum Gasteiger partial charge on any atom is -0.311 e. The Hall–Kier alpha value is -4.24. The molecule has 312 valence electrons. The van der Waals surface area contributed by atoms with Crippen molar-refractivity contribution < 1.29 is 0 Å². The van der Waals surface area contributed by atoms with Gasteiger partial charge in [0, 0.05) is 34.1 Å². The molecule has 2 aliphatic carbocycles. The fraction of sp³-hybridized carbons (Fsp3) is 0.474. The second-order valence-electron chi connectivity index (χ2n) is 23.4. The standard InChI is InChI=1S/C57H71BN2/c1-36-25-51-53-52(26-36)60(46-34-43(56(8,9)10)31-44(35-46)57(11,12)13)50-29-39-22-18-17-21-38(39)27-48(50)58(53)47-28-40(37-19-15-14-16-20-37)23-24-49(47)59(51)45-32-41(54(2,3)4)30-42(33-45)55(5,6)7/h23-35,37H,14-22H2,1-13H3. The lowest BCUT2D eigenvalue weighted by Gasteiger charge is -2.45. The van der Waals surface area contributed by atoms with Crippen LogP contribution in [-0.2, 0) is 34.5 Å². The Morgan fingerprint density at radius 2 is 0.900 bits per heavy atom. The zero-order valence-corrected chi connectivity index (χ0v) is 39.4. The smallest absolute Gasteiger partial charge is 0.252 e. The average molecular weight is 795 g/mol. The van der Waals surface area contributed by atoms with Crippen LogP contribution in [-0.4, -0.2) is 6.71 Å². The van der Waals surface area contributed by atoms with Crippen LogP contribution < -0.4 is 26.2 Å². The summed E-state index contributed by atoms with van der Waals surface area (Å²) in [6.45, 7) is 30.9. The first-order valence-electron chi connectivity index (χ1n) is 23.5. The van der Waals surface area contributed by atoms with Gasteiger partial charge in [0.15, 0.2) is 0 Å². The highest BCUT2D eigenvalue weighted by atomic mass is 15.2. The molecule has 5 aromatic rings. The summed E-state index contributed by atoms with van der Waals surface area (Å²) in [4.78, 5) is 5.39. The van der Waals surface area contributed by atoms with Crippen molar-refractivity contribution in [3.8, 4) is 0 Å². The maximum Gasteiger partial charge on any atom is 0.252 e. The third-order valence-corrected chi connectivity index (χ3v) is 14.6. The summed E-state index contributed by atoms with van der Waals surface area (Å²) >= 11 is 0. The van der Waals surface area contributed by atoms with Gasteiger partial charge >= 0.3 is 0 Å². The molecular formula is C57H71BN2. The van der Waals surface area contributed by atoms with Crippen LogP contribution in [0.1, 0.15) is 178 Å². The second kappa shape index (κ2) is 14.4. The number of anilines is 6. The van der Waals surface area contributed by atoms with Crippen molar-refractivity contribution in [2.45, 2.75) is 175 Å². The Kier molecular flexibility index (Phi) is 9.89. The molecule has 0 aromatic heterocycles. The summed E-state index contributed by atoms with van der Waals surface area (Å²) in [5.41, 5.74) is 23.9. The van der Waals surface area contributed by atoms with E-state index in [1.54, 1.807) is 16.7 Å². The molecule has 60 heavy (non-hydrogen) atoms. The van der Waals surface area contributed by atoms with Crippen LogP contribution >= 0.6 is 0 Å². The van der Waals surface area contributed by atoms with Crippen LogP contribution in [0.25, 0.3) is 0 Å². The molecule has 3 heteroatoms. The molecule has 0 unspecified atom stereocenters. The highest BCUT2D eigenvalue weighted by Gasteiger charge is 2.45. The van der Waals surface area contributed by atoms with E-state index in [1.165, 1.54) is 136 Å². The van der Waals surface area contributed by atoms with Crippen LogP contribution in [0.5, 0.6) is 0 Å². The summed E-state index contributed by atoms with van der Waals surface area (Å²) in [6, 6.07) is 33.1. The van der Waals surface area contributed by atoms with E-state index in [-0.39, 0.29) is 28.4 Å². The first kappa shape index (κ1) is 41.1. The van der Waals surface area contributed by atoms with Gasteiger partial charge in [-0.2, -0.15) is 0 Å². The van der Waals surface area contributed by atoms with Gasteiger partial charge in [-0.25, -0.2) is 0 Å². The molecular weight excluding hydrogens is 723 g/mol. The maximum absolute atomic E-state index is 2.71. The summed E-state index contributed by atoms with van der Waals surface area (Å²) in [7, 11) is 0. The summed E-state index contributed by atoms with van der Waals surface area (Å²) in [6.07, 6.45) is 11.5. The van der Waals surface area contributed by atoms with Gasteiger partial charge in [0.05, 0.1) is 0 Å². The topological polar surface area (TPSA) is 6.48 Å². The van der Waals surface area contributed by atoms with E-state index in [4.69, 9.17) is 0 Å². The third-order valence-electron chi connectivity index (χ3n) is 14.6. The zero-order chi connectivity index (χ0) is 42.7. The van der Waals surface area contributed by atoms with Crippen molar-refractivity contribution in [2.75, 3.05) is 9.80 Å². The molecule has 1 saturated carbocycles. The molecule has 2 aliphatic heterocycles. The van der Waals surface area contributed by atoms with Gasteiger partial charge in [-0.15, -0.1) is 0 Å². The number of aryl methyl sites for hydroxylation is 3. The van der Waals surface area contributed by atoms with E-state index in [9.17, 15) is 0 Å². The van der Waals surface area contributed by atoms with Crippen molar-refractivity contribution in [3.05, 3.63) is 123 Å². The molecule has 9 rings (SSSR count). The van der Waals surface area contributed by atoms with E-state index >= 15 is 0 Å². The molecule has 0 bridgehead atoms. The Morgan fingerprint density at radius 3 is 1.38 bits per heavy atom. The van der Waals surface area contributed by atoms with Gasteiger partial charge < -0.3 is 9.80 Å². The molecule has 0 amide bonds. The SMILES string of the molecule is Cc1cc2c3c(c1)N(c1cc(C(C)(C)C)cc(C(C)(C)C)c1)c1cc4c(cc1B3c1cc(C3CCCCC3)ccc1N2c1cc(C(C)(C)C)cc(C(C)(C)C)c1)CCCC4. The predicted molar refractivity (Wildman–Crippen MR) is 262 cm³/mol. The van der Waals surface area contributed by atoms with Crippen molar-refractivity contribution >= 4 is 57.2 Å². The Morgan fingerprint density at radius 1 is 0.450 bits per heavy atom. The lowest BCUT2D eigenvalue weighted by Crippen LogP contribution is -2.61. The first-order chi connectivity index (χ1) is 28.2. The van der Waals surface area contributed by atoms with Gasteiger partial charge in [0.1, 0.15) is 0 Å². The monoisotopic (exact) mass is 795 g/mol. The van der Waals surface area contributed by atoms with Gasteiger partial charge in [0.2, 0.25) is 0 Å². The van der Waals surface area contributed by atoms with Gasteiger partial charge in [-0.3, -0.25) is 0 Å². The second-order valence-corrected chi connectivity index (χ2v) is 23.4. The largest absolute Gasteiger partial charge is 0.311 e. The number of rotatable bonds is 3. The van der Waals surface area contributed by atoms with Crippen molar-refractivity contribution in [1.82, 2.24) is 0 Å². The van der Waals surface area contributed by atoms with Crippen LogP contribution in [0.3, 0.4) is 0 Å². The van der Waals surface area contributed by atoms with Gasteiger partial charge in [0.25, 0.3) is 6.71 Å². The quantitative estimate of drug-likeness (QED) is 0.164. The highest BCUT2D eigenvalue weighted by Crippen LogP contribution is 2.48. The lowest BCUT2D eigenvalue weighted by molar-refractivity contribution is 0.444. The number of nitrogens with zero attached hydrogens (tertiary/aromatic N) is 2. The van der Waals surface area contributed by atoms with Crippen molar-refractivity contribution in [3.63, 3.8) is 0 Å². The predicted octanol–water partition coefficient (Wildman–Crippen LogP) is 14.2. The number of benzene rings is 5.